The second kappa shape index (κ2) is 4.08. The van der Waals surface area contributed by atoms with E-state index in [2.05, 4.69) is 0 Å². The van der Waals surface area contributed by atoms with Crippen molar-refractivity contribution in [1.29, 1.82) is 0 Å². The predicted molar refractivity (Wildman–Crippen MR) is 51.5 cm³/mol. The van der Waals surface area contributed by atoms with Gasteiger partial charge in [-0.3, -0.25) is 0 Å². The summed E-state index contributed by atoms with van der Waals surface area (Å²) in [4.78, 5) is 1.09. The Bertz CT molecular complexity index is 372. The zero-order valence-corrected chi connectivity index (χ0v) is 8.81. The molecule has 0 amide bonds. The summed E-state index contributed by atoms with van der Waals surface area (Å²) in [6.45, 7) is 0. The first-order chi connectivity index (χ1) is 6.01. The van der Waals surface area contributed by atoms with Gasteiger partial charge >= 0.3 is 0 Å². The number of sulfonamides is 1. The minimum absolute atomic E-state index is 0.179. The highest BCUT2D eigenvalue weighted by Crippen LogP contribution is 2.10. The molecule has 2 N–H and O–H groups in total. The number of rotatable bonds is 3. The molecule has 6 heteroatoms. The molecule has 0 atom stereocenters. The van der Waals surface area contributed by atoms with Crippen LogP contribution >= 0.6 is 11.8 Å². The van der Waals surface area contributed by atoms with Gasteiger partial charge in [0, 0.05) is 17.0 Å². The van der Waals surface area contributed by atoms with Crippen molar-refractivity contribution >= 4 is 21.8 Å². The second-order valence-electron chi connectivity index (χ2n) is 2.54. The van der Waals surface area contributed by atoms with Crippen molar-refractivity contribution in [2.75, 3.05) is 6.26 Å². The zero-order chi connectivity index (χ0) is 9.90. The minimum atomic E-state index is -3.44. The molecule has 4 nitrogen and oxygen atoms in total. The molecular weight excluding hydrogens is 208 g/mol. The van der Waals surface area contributed by atoms with E-state index < -0.39 is 10.0 Å². The largest absolute Gasteiger partial charge is 0.270 e. The van der Waals surface area contributed by atoms with Crippen molar-refractivity contribution in [3.05, 3.63) is 24.5 Å². The maximum absolute atomic E-state index is 10.7. The van der Waals surface area contributed by atoms with Crippen LogP contribution in [-0.2, 0) is 15.9 Å². The van der Waals surface area contributed by atoms with E-state index in [1.54, 1.807) is 24.2 Å². The lowest BCUT2D eigenvalue weighted by molar-refractivity contribution is -0.677. The maximum Gasteiger partial charge on any atom is 0.270 e. The standard InChI is InChI=1S/C7H11N2O2S2/c1-12-7-2-4-9(5-3-7)6-13(8,10)11/h2-5H,6H2,1H3,(H2,8,10,11)/q+1. The van der Waals surface area contributed by atoms with Crippen molar-refractivity contribution in [2.24, 2.45) is 5.14 Å². The van der Waals surface area contributed by atoms with E-state index in [1.165, 1.54) is 4.57 Å². The fourth-order valence-corrected chi connectivity index (χ4v) is 1.86. The van der Waals surface area contributed by atoms with Gasteiger partial charge in [-0.2, -0.15) is 4.57 Å². The summed E-state index contributed by atoms with van der Waals surface area (Å²) in [7, 11) is -3.44. The molecule has 0 unspecified atom stereocenters. The Hall–Kier alpha value is -0.590. The van der Waals surface area contributed by atoms with E-state index in [4.69, 9.17) is 5.14 Å². The molecule has 0 spiro atoms. The summed E-state index contributed by atoms with van der Waals surface area (Å²) in [6, 6.07) is 3.69. The highest BCUT2D eigenvalue weighted by Gasteiger charge is 2.09. The SMILES string of the molecule is CSc1cc[n+](CS(N)(=O)=O)cc1. The molecule has 0 saturated heterocycles. The summed E-state index contributed by atoms with van der Waals surface area (Å²) in [6.07, 6.45) is 5.34. The number of thioether (sulfide) groups is 1. The smallest absolute Gasteiger partial charge is 0.223 e. The highest BCUT2D eigenvalue weighted by atomic mass is 32.2. The molecule has 0 aliphatic rings. The number of nitrogens with zero attached hydrogens (tertiary/aromatic N) is 1. The Labute approximate surface area is 81.8 Å². The topological polar surface area (TPSA) is 64.0 Å². The van der Waals surface area contributed by atoms with Crippen LogP contribution in [0, 0.1) is 0 Å². The Balaban J connectivity index is 2.81. The van der Waals surface area contributed by atoms with E-state index in [9.17, 15) is 8.42 Å². The van der Waals surface area contributed by atoms with E-state index in [-0.39, 0.29) is 5.88 Å². The molecule has 1 heterocycles. The van der Waals surface area contributed by atoms with Crippen molar-refractivity contribution < 1.29 is 13.0 Å². The third-order valence-electron chi connectivity index (χ3n) is 1.43. The molecule has 0 aliphatic carbocycles. The molecule has 0 aliphatic heterocycles. The molecule has 13 heavy (non-hydrogen) atoms. The van der Waals surface area contributed by atoms with Gasteiger partial charge in [0.05, 0.1) is 0 Å². The normalized spacial score (nSPS) is 11.5. The zero-order valence-electron chi connectivity index (χ0n) is 7.17. The van der Waals surface area contributed by atoms with Gasteiger partial charge < -0.3 is 0 Å². The first-order valence-corrected chi connectivity index (χ1v) is 6.49. The van der Waals surface area contributed by atoms with Gasteiger partial charge in [-0.25, -0.2) is 13.6 Å². The van der Waals surface area contributed by atoms with Gasteiger partial charge in [0.15, 0.2) is 12.4 Å². The maximum atomic E-state index is 10.7. The summed E-state index contributed by atoms with van der Waals surface area (Å²) in [5, 5.41) is 4.88. The number of hydrogen-bond acceptors (Lipinski definition) is 3. The molecule has 0 radical (unpaired) electrons. The van der Waals surface area contributed by atoms with E-state index in [0.717, 1.165) is 4.90 Å². The lowest BCUT2D eigenvalue weighted by Gasteiger charge is -1.95. The third-order valence-corrected chi connectivity index (χ3v) is 2.83. The highest BCUT2D eigenvalue weighted by molar-refractivity contribution is 7.98. The molecule has 0 fully saturated rings. The minimum Gasteiger partial charge on any atom is -0.223 e. The van der Waals surface area contributed by atoms with Crippen LogP contribution in [0.4, 0.5) is 0 Å². The number of hydrogen-bond donors (Lipinski definition) is 1. The fraction of sp³-hybridized carbons (Fsp3) is 0.286. The van der Waals surface area contributed by atoms with Crippen LogP contribution < -0.4 is 9.71 Å². The van der Waals surface area contributed by atoms with Crippen LogP contribution in [0.5, 0.6) is 0 Å². The summed E-state index contributed by atoms with van der Waals surface area (Å²) in [5.74, 6) is -0.179. The number of pyridine rings is 1. The number of nitrogens with two attached hydrogens (primary N) is 1. The Kier molecular flexibility index (Phi) is 3.29. The predicted octanol–water partition coefficient (Wildman–Crippen LogP) is -0.0580. The lowest BCUT2D eigenvalue weighted by Crippen LogP contribution is -2.39. The van der Waals surface area contributed by atoms with Gasteiger partial charge in [-0.05, 0) is 6.26 Å². The average Bonchev–Trinajstić information content (AvgIpc) is 2.03. The molecular formula is C7H11N2O2S2+. The summed E-state index contributed by atoms with van der Waals surface area (Å²) >= 11 is 1.60. The van der Waals surface area contributed by atoms with Gasteiger partial charge in [0.2, 0.25) is 0 Å². The fourth-order valence-electron chi connectivity index (χ4n) is 0.874. The molecule has 1 aromatic heterocycles. The molecule has 1 rings (SSSR count). The van der Waals surface area contributed by atoms with Crippen LogP contribution in [0.2, 0.25) is 0 Å². The van der Waals surface area contributed by atoms with Gasteiger partial charge in [0.1, 0.15) is 0 Å². The van der Waals surface area contributed by atoms with E-state index >= 15 is 0 Å². The summed E-state index contributed by atoms with van der Waals surface area (Å²) in [5.41, 5.74) is 0. The first kappa shape index (κ1) is 10.5. The molecule has 0 bridgehead atoms. The number of aromatic nitrogens is 1. The van der Waals surface area contributed by atoms with Crippen molar-refractivity contribution in [1.82, 2.24) is 0 Å². The van der Waals surface area contributed by atoms with E-state index in [0.29, 0.717) is 0 Å². The van der Waals surface area contributed by atoms with Gasteiger partial charge in [-0.1, -0.05) is 0 Å². The average molecular weight is 219 g/mol. The molecule has 72 valence electrons. The Morgan fingerprint density at radius 1 is 1.46 bits per heavy atom. The van der Waals surface area contributed by atoms with Crippen molar-refractivity contribution in [3.63, 3.8) is 0 Å². The third kappa shape index (κ3) is 3.75. The monoisotopic (exact) mass is 219 g/mol. The van der Waals surface area contributed by atoms with Crippen LogP contribution in [0.1, 0.15) is 0 Å². The lowest BCUT2D eigenvalue weighted by atomic mass is 10.5. The molecule has 1 aromatic rings. The van der Waals surface area contributed by atoms with Crippen LogP contribution in [0.15, 0.2) is 29.4 Å². The van der Waals surface area contributed by atoms with Crippen LogP contribution in [0.25, 0.3) is 0 Å². The second-order valence-corrected chi connectivity index (χ2v) is 5.01. The Morgan fingerprint density at radius 3 is 2.38 bits per heavy atom. The Morgan fingerprint density at radius 2 is 2.00 bits per heavy atom. The first-order valence-electron chi connectivity index (χ1n) is 3.55. The van der Waals surface area contributed by atoms with Crippen LogP contribution in [-0.4, -0.2) is 14.7 Å². The van der Waals surface area contributed by atoms with Gasteiger partial charge in [0.25, 0.3) is 15.9 Å². The number of primary sulfonamides is 1. The van der Waals surface area contributed by atoms with Crippen molar-refractivity contribution in [2.45, 2.75) is 10.8 Å². The molecule has 0 aromatic carbocycles. The van der Waals surface area contributed by atoms with E-state index in [1.807, 2.05) is 18.4 Å². The van der Waals surface area contributed by atoms with Gasteiger partial charge in [-0.15, -0.1) is 11.8 Å². The van der Waals surface area contributed by atoms with Crippen LogP contribution in [0.3, 0.4) is 0 Å². The molecule has 0 saturated carbocycles. The van der Waals surface area contributed by atoms with Crippen molar-refractivity contribution in [3.8, 4) is 0 Å². The summed E-state index contributed by atoms with van der Waals surface area (Å²) < 4.78 is 22.9. The quantitative estimate of drug-likeness (QED) is 0.572.